The van der Waals surface area contributed by atoms with Crippen LogP contribution in [0, 0.1) is 0 Å². The van der Waals surface area contributed by atoms with Gasteiger partial charge in [0.05, 0.1) is 10.7 Å². The predicted octanol–water partition coefficient (Wildman–Crippen LogP) is 8.21. The fraction of sp³-hybridized carbons (Fsp3) is 0.286. The van der Waals surface area contributed by atoms with E-state index in [2.05, 4.69) is 57.1 Å². The fourth-order valence-electron chi connectivity index (χ4n) is 3.68. The molecule has 0 aliphatic rings. The van der Waals surface area contributed by atoms with Gasteiger partial charge >= 0.3 is 0 Å². The molecule has 0 unspecified atom stereocenters. The second-order valence-electron chi connectivity index (χ2n) is 9.53. The zero-order chi connectivity index (χ0) is 23.8. The number of anilines is 1. The minimum Gasteiger partial charge on any atom is -0.436 e. The Labute approximate surface area is 200 Å². The van der Waals surface area contributed by atoms with Crippen molar-refractivity contribution in [2.45, 2.75) is 52.4 Å². The summed E-state index contributed by atoms with van der Waals surface area (Å²) >= 11 is 6.38. The minimum absolute atomic E-state index is 0.0293. The molecule has 0 aliphatic heterocycles. The number of fused-ring (bicyclic) bond motifs is 1. The number of oxazole rings is 1. The molecule has 4 aromatic rings. The van der Waals surface area contributed by atoms with Crippen LogP contribution >= 0.6 is 11.6 Å². The van der Waals surface area contributed by atoms with E-state index in [1.807, 2.05) is 36.4 Å². The number of aromatic nitrogens is 1. The highest BCUT2D eigenvalue weighted by molar-refractivity contribution is 6.34. The summed E-state index contributed by atoms with van der Waals surface area (Å²) < 4.78 is 5.99. The Balaban J connectivity index is 1.59. The summed E-state index contributed by atoms with van der Waals surface area (Å²) in [6, 6.07) is 19.2. The van der Waals surface area contributed by atoms with Crippen LogP contribution in [0.3, 0.4) is 0 Å². The van der Waals surface area contributed by atoms with Crippen LogP contribution in [-0.2, 0) is 5.41 Å². The van der Waals surface area contributed by atoms with E-state index in [9.17, 15) is 4.79 Å². The van der Waals surface area contributed by atoms with Gasteiger partial charge in [0.15, 0.2) is 5.58 Å². The quantitative estimate of drug-likeness (QED) is 0.326. The molecule has 0 spiro atoms. The molecule has 0 saturated carbocycles. The van der Waals surface area contributed by atoms with Crippen LogP contribution in [0.15, 0.2) is 65.1 Å². The standard InChI is InChI=1S/C28H29ClN2O2/c1-6-17(2)19-10-14-25-24(15-19)31-27(33-25)20-9-13-22(29)23(16-20)30-26(32)18-7-11-21(12-8-18)28(3,4)5/h7-17H,6H2,1-5H3,(H,30,32)/t17-/m1/s1. The summed E-state index contributed by atoms with van der Waals surface area (Å²) in [7, 11) is 0. The minimum atomic E-state index is -0.217. The number of carbonyl (C=O) groups is 1. The molecular weight excluding hydrogens is 432 g/mol. The zero-order valence-corrected chi connectivity index (χ0v) is 20.5. The zero-order valence-electron chi connectivity index (χ0n) is 19.7. The molecule has 5 heteroatoms. The third-order valence-corrected chi connectivity index (χ3v) is 6.40. The molecule has 33 heavy (non-hydrogen) atoms. The number of amides is 1. The molecule has 4 nitrogen and oxygen atoms in total. The lowest BCUT2D eigenvalue weighted by Gasteiger charge is -2.19. The van der Waals surface area contributed by atoms with Crippen molar-refractivity contribution in [1.82, 2.24) is 4.98 Å². The van der Waals surface area contributed by atoms with Crippen LogP contribution in [0.2, 0.25) is 5.02 Å². The van der Waals surface area contributed by atoms with Crippen LogP contribution in [-0.4, -0.2) is 10.9 Å². The van der Waals surface area contributed by atoms with Crippen LogP contribution in [0.25, 0.3) is 22.6 Å². The topological polar surface area (TPSA) is 55.1 Å². The number of benzene rings is 3. The summed E-state index contributed by atoms with van der Waals surface area (Å²) in [4.78, 5) is 17.5. The van der Waals surface area contributed by atoms with Crippen molar-refractivity contribution >= 4 is 34.3 Å². The summed E-state index contributed by atoms with van der Waals surface area (Å²) in [6.45, 7) is 10.8. The first-order valence-electron chi connectivity index (χ1n) is 11.3. The second kappa shape index (κ2) is 9.03. The predicted molar refractivity (Wildman–Crippen MR) is 136 cm³/mol. The van der Waals surface area contributed by atoms with E-state index in [-0.39, 0.29) is 11.3 Å². The number of halogens is 1. The van der Waals surface area contributed by atoms with Crippen molar-refractivity contribution in [3.63, 3.8) is 0 Å². The van der Waals surface area contributed by atoms with Gasteiger partial charge in [-0.3, -0.25) is 4.79 Å². The normalized spacial score (nSPS) is 12.7. The Morgan fingerprint density at radius 3 is 2.45 bits per heavy atom. The first-order chi connectivity index (χ1) is 15.7. The molecule has 0 radical (unpaired) electrons. The molecule has 0 fully saturated rings. The van der Waals surface area contributed by atoms with Gasteiger partial charge in [-0.25, -0.2) is 4.98 Å². The highest BCUT2D eigenvalue weighted by Gasteiger charge is 2.16. The second-order valence-corrected chi connectivity index (χ2v) is 9.94. The van der Waals surface area contributed by atoms with E-state index in [4.69, 9.17) is 16.0 Å². The number of nitrogens with zero attached hydrogens (tertiary/aromatic N) is 1. The number of nitrogens with one attached hydrogen (secondary N) is 1. The lowest BCUT2D eigenvalue weighted by Crippen LogP contribution is -2.14. The summed E-state index contributed by atoms with van der Waals surface area (Å²) in [5.41, 5.74) is 5.84. The molecular formula is C28H29ClN2O2. The van der Waals surface area contributed by atoms with Gasteiger partial charge in [0.1, 0.15) is 5.52 Å². The van der Waals surface area contributed by atoms with Gasteiger partial charge in [-0.2, -0.15) is 0 Å². The third-order valence-electron chi connectivity index (χ3n) is 6.07. The smallest absolute Gasteiger partial charge is 0.255 e. The van der Waals surface area contributed by atoms with Gasteiger partial charge in [-0.15, -0.1) is 0 Å². The average molecular weight is 461 g/mol. The average Bonchev–Trinajstić information content (AvgIpc) is 3.22. The van der Waals surface area contributed by atoms with Crippen LogP contribution in [0.4, 0.5) is 5.69 Å². The first kappa shape index (κ1) is 23.1. The molecule has 1 atom stereocenters. The van der Waals surface area contributed by atoms with Crippen molar-refractivity contribution < 1.29 is 9.21 Å². The Kier molecular flexibility index (Phi) is 6.31. The third kappa shape index (κ3) is 4.96. The van der Waals surface area contributed by atoms with Crippen molar-refractivity contribution in [2.75, 3.05) is 5.32 Å². The summed E-state index contributed by atoms with van der Waals surface area (Å²) in [5, 5.41) is 3.37. The molecule has 1 amide bonds. The van der Waals surface area contributed by atoms with E-state index in [1.54, 1.807) is 12.1 Å². The Hall–Kier alpha value is -3.11. The van der Waals surface area contributed by atoms with E-state index in [0.29, 0.717) is 28.1 Å². The van der Waals surface area contributed by atoms with Crippen LogP contribution in [0.5, 0.6) is 0 Å². The highest BCUT2D eigenvalue weighted by atomic mass is 35.5. The lowest BCUT2D eigenvalue weighted by atomic mass is 9.87. The molecule has 1 heterocycles. The molecule has 3 aromatic carbocycles. The van der Waals surface area contributed by atoms with E-state index in [0.717, 1.165) is 23.1 Å². The van der Waals surface area contributed by atoms with Gasteiger partial charge in [0.2, 0.25) is 5.89 Å². The van der Waals surface area contributed by atoms with Crippen molar-refractivity contribution in [1.29, 1.82) is 0 Å². The maximum Gasteiger partial charge on any atom is 0.255 e. The van der Waals surface area contributed by atoms with Gasteiger partial charge in [-0.1, -0.05) is 64.4 Å². The molecule has 4 rings (SSSR count). The molecule has 0 aliphatic carbocycles. The van der Waals surface area contributed by atoms with Gasteiger partial charge in [0.25, 0.3) is 5.91 Å². The molecule has 0 saturated heterocycles. The Morgan fingerprint density at radius 1 is 1.06 bits per heavy atom. The van der Waals surface area contributed by atoms with Crippen molar-refractivity contribution in [2.24, 2.45) is 0 Å². The van der Waals surface area contributed by atoms with Gasteiger partial charge in [-0.05, 0) is 71.3 Å². The number of carbonyl (C=O) groups excluding carboxylic acids is 1. The number of hydrogen-bond donors (Lipinski definition) is 1. The fourth-order valence-corrected chi connectivity index (χ4v) is 3.85. The molecule has 0 bridgehead atoms. The van der Waals surface area contributed by atoms with Crippen LogP contribution < -0.4 is 5.32 Å². The number of rotatable bonds is 5. The van der Waals surface area contributed by atoms with Gasteiger partial charge in [0, 0.05) is 11.1 Å². The summed E-state index contributed by atoms with van der Waals surface area (Å²) in [6.07, 6.45) is 1.06. The van der Waals surface area contributed by atoms with E-state index < -0.39 is 0 Å². The molecule has 170 valence electrons. The molecule has 1 aromatic heterocycles. The lowest BCUT2D eigenvalue weighted by molar-refractivity contribution is 0.102. The van der Waals surface area contributed by atoms with Crippen LogP contribution in [0.1, 0.15) is 68.4 Å². The number of hydrogen-bond acceptors (Lipinski definition) is 3. The van der Waals surface area contributed by atoms with Crippen molar-refractivity contribution in [3.8, 4) is 11.5 Å². The SMILES string of the molecule is CC[C@@H](C)c1ccc2oc(-c3ccc(Cl)c(NC(=O)c4ccc(C(C)(C)C)cc4)c3)nc2c1. The maximum atomic E-state index is 12.8. The van der Waals surface area contributed by atoms with Crippen molar-refractivity contribution in [3.05, 3.63) is 82.4 Å². The first-order valence-corrected chi connectivity index (χ1v) is 11.7. The Morgan fingerprint density at radius 2 is 1.79 bits per heavy atom. The monoisotopic (exact) mass is 460 g/mol. The molecule has 1 N–H and O–H groups in total. The van der Waals surface area contributed by atoms with E-state index in [1.165, 1.54) is 11.1 Å². The van der Waals surface area contributed by atoms with E-state index >= 15 is 0 Å². The largest absolute Gasteiger partial charge is 0.436 e. The highest BCUT2D eigenvalue weighted by Crippen LogP contribution is 2.32. The summed E-state index contributed by atoms with van der Waals surface area (Å²) in [5.74, 6) is 0.739. The maximum absolute atomic E-state index is 12.8. The van der Waals surface area contributed by atoms with Gasteiger partial charge < -0.3 is 9.73 Å². The Bertz CT molecular complexity index is 1300.